The van der Waals surface area contributed by atoms with E-state index in [2.05, 4.69) is 0 Å². The Kier molecular flexibility index (Phi) is 1.90. The van der Waals surface area contributed by atoms with Crippen molar-refractivity contribution in [3.8, 4) is 0 Å². The first-order valence-corrected chi connectivity index (χ1v) is 4.69. The maximum atomic E-state index is 9.61. The van der Waals surface area contributed by atoms with Crippen molar-refractivity contribution in [3.05, 3.63) is 0 Å². The Morgan fingerprint density at radius 3 is 2.45 bits per heavy atom. The molecule has 11 heavy (non-hydrogen) atoms. The number of fused-ring (bicyclic) bond motifs is 1. The van der Waals surface area contributed by atoms with Crippen LogP contribution in [0.2, 0.25) is 0 Å². The number of nitrogens with two attached hydrogens (primary N) is 1. The van der Waals surface area contributed by atoms with Gasteiger partial charge in [0.15, 0.2) is 0 Å². The normalized spacial score (nSPS) is 43.6. The lowest BCUT2D eigenvalue weighted by molar-refractivity contribution is 0.0976. The van der Waals surface area contributed by atoms with Gasteiger partial charge in [-0.15, -0.1) is 0 Å². The summed E-state index contributed by atoms with van der Waals surface area (Å²) in [5.74, 6) is 2.54. The van der Waals surface area contributed by atoms with Crippen molar-refractivity contribution in [1.82, 2.24) is 0 Å². The maximum Gasteiger partial charge on any atom is 0.0580 e. The van der Waals surface area contributed by atoms with Gasteiger partial charge in [-0.3, -0.25) is 0 Å². The first kappa shape index (κ1) is 7.56. The zero-order valence-electron chi connectivity index (χ0n) is 6.87. The van der Waals surface area contributed by atoms with Crippen LogP contribution in [0.5, 0.6) is 0 Å². The van der Waals surface area contributed by atoms with Crippen molar-refractivity contribution >= 4 is 0 Å². The molecule has 0 saturated heterocycles. The smallest absolute Gasteiger partial charge is 0.0580 e. The van der Waals surface area contributed by atoms with Gasteiger partial charge in [0.25, 0.3) is 0 Å². The van der Waals surface area contributed by atoms with Crippen LogP contribution < -0.4 is 5.73 Å². The van der Waals surface area contributed by atoms with Gasteiger partial charge in [0, 0.05) is 0 Å². The minimum Gasteiger partial charge on any atom is -0.393 e. The van der Waals surface area contributed by atoms with E-state index in [1.807, 2.05) is 0 Å². The molecule has 2 heteroatoms. The highest BCUT2D eigenvalue weighted by Gasteiger charge is 2.47. The highest BCUT2D eigenvalue weighted by molar-refractivity contribution is 4.97. The monoisotopic (exact) mass is 155 g/mol. The van der Waals surface area contributed by atoms with E-state index in [4.69, 9.17) is 5.73 Å². The molecule has 2 aliphatic rings. The number of aliphatic hydroxyl groups is 1. The number of aliphatic hydroxyl groups excluding tert-OH is 1. The quantitative estimate of drug-likeness (QED) is 0.631. The van der Waals surface area contributed by atoms with Crippen LogP contribution in [-0.2, 0) is 0 Å². The van der Waals surface area contributed by atoms with Crippen LogP contribution in [0, 0.1) is 17.8 Å². The van der Waals surface area contributed by atoms with Crippen molar-refractivity contribution in [3.63, 3.8) is 0 Å². The van der Waals surface area contributed by atoms with Crippen LogP contribution in [0.15, 0.2) is 0 Å². The lowest BCUT2D eigenvalue weighted by Gasteiger charge is -2.18. The van der Waals surface area contributed by atoms with Gasteiger partial charge in [0.2, 0.25) is 0 Å². The molecule has 2 aliphatic carbocycles. The Balaban J connectivity index is 1.77. The molecular weight excluding hydrogens is 138 g/mol. The van der Waals surface area contributed by atoms with E-state index in [1.54, 1.807) is 0 Å². The minimum atomic E-state index is -0.104. The predicted molar refractivity (Wildman–Crippen MR) is 44.0 cm³/mol. The highest BCUT2D eigenvalue weighted by atomic mass is 16.3. The summed E-state index contributed by atoms with van der Waals surface area (Å²) in [6, 6.07) is 0. The third-order valence-corrected chi connectivity index (χ3v) is 3.29. The second-order valence-corrected chi connectivity index (χ2v) is 4.13. The molecule has 0 bridgehead atoms. The Bertz CT molecular complexity index is 138. The average molecular weight is 155 g/mol. The molecule has 0 spiro atoms. The van der Waals surface area contributed by atoms with Gasteiger partial charge >= 0.3 is 0 Å². The van der Waals surface area contributed by atoms with Crippen molar-refractivity contribution in [1.29, 1.82) is 0 Å². The maximum absolute atomic E-state index is 9.61. The van der Waals surface area contributed by atoms with Gasteiger partial charge in [0.05, 0.1) is 6.10 Å². The molecule has 2 rings (SSSR count). The van der Waals surface area contributed by atoms with E-state index in [0.29, 0.717) is 12.5 Å². The molecule has 3 unspecified atom stereocenters. The van der Waals surface area contributed by atoms with Gasteiger partial charge in [-0.25, -0.2) is 0 Å². The summed E-state index contributed by atoms with van der Waals surface area (Å²) < 4.78 is 0. The van der Waals surface area contributed by atoms with E-state index in [-0.39, 0.29) is 6.10 Å². The van der Waals surface area contributed by atoms with E-state index in [0.717, 1.165) is 18.3 Å². The van der Waals surface area contributed by atoms with Crippen LogP contribution in [0.1, 0.15) is 25.7 Å². The molecule has 0 aliphatic heterocycles. The van der Waals surface area contributed by atoms with Crippen molar-refractivity contribution in [2.45, 2.75) is 31.8 Å². The minimum absolute atomic E-state index is 0.104. The molecule has 0 aromatic rings. The van der Waals surface area contributed by atoms with E-state index < -0.39 is 0 Å². The molecule has 0 amide bonds. The third kappa shape index (κ3) is 1.42. The van der Waals surface area contributed by atoms with E-state index in [1.165, 1.54) is 19.3 Å². The van der Waals surface area contributed by atoms with Gasteiger partial charge in [0.1, 0.15) is 0 Å². The first-order chi connectivity index (χ1) is 5.31. The summed E-state index contributed by atoms with van der Waals surface area (Å²) in [4.78, 5) is 0. The van der Waals surface area contributed by atoms with Crippen LogP contribution in [-0.4, -0.2) is 17.8 Å². The fraction of sp³-hybridized carbons (Fsp3) is 1.00. The van der Waals surface area contributed by atoms with Crippen LogP contribution in [0.4, 0.5) is 0 Å². The van der Waals surface area contributed by atoms with E-state index in [9.17, 15) is 5.11 Å². The first-order valence-electron chi connectivity index (χ1n) is 4.69. The molecule has 0 aromatic carbocycles. The van der Waals surface area contributed by atoms with Crippen LogP contribution in [0.25, 0.3) is 0 Å². The second kappa shape index (κ2) is 2.76. The number of hydrogen-bond acceptors (Lipinski definition) is 2. The summed E-state index contributed by atoms with van der Waals surface area (Å²) >= 11 is 0. The molecule has 3 atom stereocenters. The summed E-state index contributed by atoms with van der Waals surface area (Å²) in [6.45, 7) is 0.632. The largest absolute Gasteiger partial charge is 0.393 e. The molecule has 0 aromatic heterocycles. The molecule has 2 saturated carbocycles. The van der Waals surface area contributed by atoms with Gasteiger partial charge in [-0.2, -0.15) is 0 Å². The summed E-state index contributed by atoms with van der Waals surface area (Å²) in [6.07, 6.45) is 4.67. The third-order valence-electron chi connectivity index (χ3n) is 3.29. The van der Waals surface area contributed by atoms with Gasteiger partial charge < -0.3 is 10.8 Å². The Hall–Kier alpha value is -0.0800. The molecule has 2 fully saturated rings. The van der Waals surface area contributed by atoms with Crippen molar-refractivity contribution in [2.24, 2.45) is 23.5 Å². The second-order valence-electron chi connectivity index (χ2n) is 4.13. The fourth-order valence-corrected chi connectivity index (χ4v) is 2.48. The molecule has 2 nitrogen and oxygen atoms in total. The Morgan fingerprint density at radius 1 is 1.27 bits per heavy atom. The fourth-order valence-electron chi connectivity index (χ4n) is 2.48. The van der Waals surface area contributed by atoms with Crippen molar-refractivity contribution < 1.29 is 5.11 Å². The summed E-state index contributed by atoms with van der Waals surface area (Å²) in [7, 11) is 0. The van der Waals surface area contributed by atoms with Crippen LogP contribution in [0.3, 0.4) is 0 Å². The van der Waals surface area contributed by atoms with E-state index >= 15 is 0 Å². The average Bonchev–Trinajstić information content (AvgIpc) is 2.59. The van der Waals surface area contributed by atoms with Gasteiger partial charge in [-0.05, 0) is 50.0 Å². The summed E-state index contributed by atoms with van der Waals surface area (Å²) in [5, 5.41) is 9.61. The predicted octanol–water partition coefficient (Wildman–Crippen LogP) is 0.742. The summed E-state index contributed by atoms with van der Waals surface area (Å²) in [5.41, 5.74) is 5.38. The Labute approximate surface area is 67.8 Å². The highest BCUT2D eigenvalue weighted by Crippen LogP contribution is 2.55. The number of hydrogen-bond donors (Lipinski definition) is 2. The molecule has 3 N–H and O–H groups in total. The SMILES string of the molecule is NCCC(O)C1CC2CC2C1. The molecule has 64 valence electrons. The molecular formula is C9H17NO. The standard InChI is InChI=1S/C9H17NO/c10-2-1-9(11)8-4-6-3-7(6)5-8/h6-9,11H,1-5,10H2. The van der Waals surface area contributed by atoms with Crippen molar-refractivity contribution in [2.75, 3.05) is 6.54 Å². The topological polar surface area (TPSA) is 46.2 Å². The lowest BCUT2D eigenvalue weighted by atomic mass is 9.95. The Morgan fingerprint density at radius 2 is 1.91 bits per heavy atom. The zero-order chi connectivity index (χ0) is 7.84. The number of rotatable bonds is 3. The zero-order valence-corrected chi connectivity index (χ0v) is 6.87. The van der Waals surface area contributed by atoms with Crippen LogP contribution >= 0.6 is 0 Å². The molecule has 0 radical (unpaired) electrons. The van der Waals surface area contributed by atoms with Gasteiger partial charge in [-0.1, -0.05) is 0 Å². The molecule has 0 heterocycles. The lowest BCUT2D eigenvalue weighted by Crippen LogP contribution is -2.22.